The van der Waals surface area contributed by atoms with Crippen LogP contribution in [0.1, 0.15) is 38.2 Å². The molecule has 1 aromatic rings. The Morgan fingerprint density at radius 1 is 1.32 bits per heavy atom. The summed E-state index contributed by atoms with van der Waals surface area (Å²) in [6.07, 6.45) is 2.48. The van der Waals surface area contributed by atoms with Crippen molar-refractivity contribution in [1.29, 1.82) is 0 Å². The van der Waals surface area contributed by atoms with Gasteiger partial charge in [-0.25, -0.2) is 0 Å². The van der Waals surface area contributed by atoms with Crippen molar-refractivity contribution in [3.05, 3.63) is 29.8 Å². The van der Waals surface area contributed by atoms with E-state index >= 15 is 0 Å². The molecule has 1 aliphatic carbocycles. The van der Waals surface area contributed by atoms with Gasteiger partial charge in [0, 0.05) is 19.6 Å². The molecule has 4 atom stereocenters. The summed E-state index contributed by atoms with van der Waals surface area (Å²) < 4.78 is 11.5. The molecule has 2 rings (SSSR count). The van der Waals surface area contributed by atoms with E-state index in [2.05, 4.69) is 43.4 Å². The number of ether oxygens (including phenoxy) is 2. The third-order valence-electron chi connectivity index (χ3n) is 4.24. The molecule has 0 saturated heterocycles. The van der Waals surface area contributed by atoms with E-state index in [0.29, 0.717) is 12.0 Å². The number of hydrogen-bond donors (Lipinski definition) is 1. The van der Waals surface area contributed by atoms with Gasteiger partial charge < -0.3 is 14.8 Å². The molecular weight excluding hydrogens is 238 g/mol. The number of likely N-dealkylation sites (N-methyl/N-ethyl adjacent to an activating group) is 1. The molecule has 4 unspecified atom stereocenters. The van der Waals surface area contributed by atoms with E-state index < -0.39 is 0 Å². The van der Waals surface area contributed by atoms with Gasteiger partial charge in [-0.1, -0.05) is 26.0 Å². The maximum Gasteiger partial charge on any atom is 0.128 e. The van der Waals surface area contributed by atoms with Crippen LogP contribution >= 0.6 is 0 Å². The van der Waals surface area contributed by atoms with E-state index in [9.17, 15) is 0 Å². The summed E-state index contributed by atoms with van der Waals surface area (Å²) in [5, 5.41) is 3.24. The predicted molar refractivity (Wildman–Crippen MR) is 77.8 cm³/mol. The first-order chi connectivity index (χ1) is 9.19. The molecule has 106 valence electrons. The Hall–Kier alpha value is -1.06. The molecule has 0 radical (unpaired) electrons. The second-order valence-corrected chi connectivity index (χ2v) is 5.37. The molecule has 0 aromatic heterocycles. The van der Waals surface area contributed by atoms with E-state index in [0.717, 1.165) is 12.2 Å². The standard InChI is InChI=1S/C16H25NO2/c1-5-11(2)12-6-8-13(9-7-12)19-15-10-14(17-3)16(15)18-4/h6-9,11,14-17H,5,10H2,1-4H3. The van der Waals surface area contributed by atoms with E-state index in [-0.39, 0.29) is 12.2 Å². The number of rotatable bonds is 6. The summed E-state index contributed by atoms with van der Waals surface area (Å²) in [6.45, 7) is 4.46. The number of nitrogens with one attached hydrogen (secondary N) is 1. The fourth-order valence-electron chi connectivity index (χ4n) is 2.58. The normalized spacial score (nSPS) is 27.7. The smallest absolute Gasteiger partial charge is 0.128 e. The average molecular weight is 263 g/mol. The van der Waals surface area contributed by atoms with Crippen LogP contribution < -0.4 is 10.1 Å². The summed E-state index contributed by atoms with van der Waals surface area (Å²) in [6, 6.07) is 8.88. The Kier molecular flexibility index (Phi) is 4.83. The molecule has 1 fully saturated rings. The first-order valence-electron chi connectivity index (χ1n) is 7.16. The van der Waals surface area contributed by atoms with Gasteiger partial charge in [-0.15, -0.1) is 0 Å². The lowest BCUT2D eigenvalue weighted by molar-refractivity contribution is -0.0869. The van der Waals surface area contributed by atoms with Gasteiger partial charge in [0.1, 0.15) is 18.0 Å². The second-order valence-electron chi connectivity index (χ2n) is 5.37. The topological polar surface area (TPSA) is 30.5 Å². The zero-order valence-electron chi connectivity index (χ0n) is 12.3. The summed E-state index contributed by atoms with van der Waals surface area (Å²) in [5.41, 5.74) is 1.37. The van der Waals surface area contributed by atoms with Gasteiger partial charge in [0.05, 0.1) is 0 Å². The first-order valence-corrected chi connectivity index (χ1v) is 7.16. The van der Waals surface area contributed by atoms with Crippen LogP contribution in [0.5, 0.6) is 5.75 Å². The Balaban J connectivity index is 1.93. The predicted octanol–water partition coefficient (Wildman–Crippen LogP) is 2.95. The number of benzene rings is 1. The highest BCUT2D eigenvalue weighted by Gasteiger charge is 2.42. The Morgan fingerprint density at radius 3 is 2.53 bits per heavy atom. The molecule has 3 nitrogen and oxygen atoms in total. The maximum absolute atomic E-state index is 5.99. The summed E-state index contributed by atoms with van der Waals surface area (Å²) in [4.78, 5) is 0. The highest BCUT2D eigenvalue weighted by Crippen LogP contribution is 2.29. The van der Waals surface area contributed by atoms with Crippen molar-refractivity contribution in [2.75, 3.05) is 14.2 Å². The van der Waals surface area contributed by atoms with Crippen LogP contribution in [0.2, 0.25) is 0 Å². The largest absolute Gasteiger partial charge is 0.488 e. The van der Waals surface area contributed by atoms with Crippen molar-refractivity contribution in [2.45, 2.75) is 50.9 Å². The molecule has 1 aliphatic rings. The molecule has 1 saturated carbocycles. The molecule has 3 heteroatoms. The van der Waals surface area contributed by atoms with Crippen LogP contribution in [0.15, 0.2) is 24.3 Å². The Morgan fingerprint density at radius 2 is 2.00 bits per heavy atom. The van der Waals surface area contributed by atoms with E-state index in [4.69, 9.17) is 9.47 Å². The quantitative estimate of drug-likeness (QED) is 0.856. The van der Waals surface area contributed by atoms with Crippen molar-refractivity contribution in [2.24, 2.45) is 0 Å². The van der Waals surface area contributed by atoms with Gasteiger partial charge in [-0.2, -0.15) is 0 Å². The fourth-order valence-corrected chi connectivity index (χ4v) is 2.58. The molecule has 0 amide bonds. The van der Waals surface area contributed by atoms with Gasteiger partial charge in [-0.05, 0) is 37.1 Å². The number of hydrogen-bond acceptors (Lipinski definition) is 3. The molecule has 0 bridgehead atoms. The molecule has 0 heterocycles. The molecule has 0 aliphatic heterocycles. The van der Waals surface area contributed by atoms with E-state index in [1.54, 1.807) is 7.11 Å². The lowest BCUT2D eigenvalue weighted by Crippen LogP contribution is -2.60. The second kappa shape index (κ2) is 6.40. The Labute approximate surface area is 116 Å². The minimum absolute atomic E-state index is 0.152. The lowest BCUT2D eigenvalue weighted by Gasteiger charge is -2.43. The van der Waals surface area contributed by atoms with E-state index in [1.165, 1.54) is 12.0 Å². The Bertz CT molecular complexity index is 390. The average Bonchev–Trinajstić information content (AvgIpc) is 2.43. The van der Waals surface area contributed by atoms with E-state index in [1.807, 2.05) is 7.05 Å². The summed E-state index contributed by atoms with van der Waals surface area (Å²) >= 11 is 0. The van der Waals surface area contributed by atoms with Crippen LogP contribution in [-0.4, -0.2) is 32.4 Å². The lowest BCUT2D eigenvalue weighted by atomic mass is 9.85. The zero-order valence-corrected chi connectivity index (χ0v) is 12.3. The van der Waals surface area contributed by atoms with Crippen LogP contribution in [-0.2, 0) is 4.74 Å². The van der Waals surface area contributed by atoms with Gasteiger partial charge in [0.15, 0.2) is 0 Å². The third-order valence-corrected chi connectivity index (χ3v) is 4.24. The highest BCUT2D eigenvalue weighted by molar-refractivity contribution is 5.29. The maximum atomic E-state index is 5.99. The molecular formula is C16H25NO2. The fraction of sp³-hybridized carbons (Fsp3) is 0.625. The van der Waals surface area contributed by atoms with Crippen LogP contribution in [0.3, 0.4) is 0 Å². The zero-order chi connectivity index (χ0) is 13.8. The minimum atomic E-state index is 0.152. The van der Waals surface area contributed by atoms with Gasteiger partial charge in [0.25, 0.3) is 0 Å². The summed E-state index contributed by atoms with van der Waals surface area (Å²) in [7, 11) is 3.71. The SMILES string of the molecule is CCC(C)c1ccc(OC2CC(NC)C2OC)cc1. The number of methoxy groups -OCH3 is 1. The van der Waals surface area contributed by atoms with Gasteiger partial charge in [-0.3, -0.25) is 0 Å². The van der Waals surface area contributed by atoms with Crippen molar-refractivity contribution in [3.63, 3.8) is 0 Å². The van der Waals surface area contributed by atoms with Crippen molar-refractivity contribution in [3.8, 4) is 5.75 Å². The van der Waals surface area contributed by atoms with Crippen molar-refractivity contribution in [1.82, 2.24) is 5.32 Å². The first kappa shape index (κ1) is 14.4. The highest BCUT2D eigenvalue weighted by atomic mass is 16.5. The molecule has 19 heavy (non-hydrogen) atoms. The summed E-state index contributed by atoms with van der Waals surface area (Å²) in [5.74, 6) is 1.55. The van der Waals surface area contributed by atoms with Crippen molar-refractivity contribution < 1.29 is 9.47 Å². The molecule has 1 aromatic carbocycles. The van der Waals surface area contributed by atoms with Crippen LogP contribution in [0.25, 0.3) is 0 Å². The third kappa shape index (κ3) is 3.10. The van der Waals surface area contributed by atoms with Gasteiger partial charge >= 0.3 is 0 Å². The van der Waals surface area contributed by atoms with Crippen molar-refractivity contribution >= 4 is 0 Å². The van der Waals surface area contributed by atoms with Gasteiger partial charge in [0.2, 0.25) is 0 Å². The minimum Gasteiger partial charge on any atom is -0.488 e. The molecule has 1 N–H and O–H groups in total. The molecule has 0 spiro atoms. The van der Waals surface area contributed by atoms with Crippen LogP contribution in [0.4, 0.5) is 0 Å². The van der Waals surface area contributed by atoms with Crippen LogP contribution in [0, 0.1) is 0 Å². The monoisotopic (exact) mass is 263 g/mol.